The van der Waals surface area contributed by atoms with Crippen LogP contribution in [0.25, 0.3) is 11.1 Å². The third-order valence-corrected chi connectivity index (χ3v) is 2.67. The lowest BCUT2D eigenvalue weighted by Gasteiger charge is -2.00. The molecule has 0 aliphatic heterocycles. The largest absolute Gasteiger partial charge is 0.430 e. The van der Waals surface area contributed by atoms with Gasteiger partial charge in [0.1, 0.15) is 10.7 Å². The van der Waals surface area contributed by atoms with Crippen LogP contribution in [0.5, 0.6) is 0 Å². The van der Waals surface area contributed by atoms with Crippen LogP contribution in [0.3, 0.4) is 0 Å². The summed E-state index contributed by atoms with van der Waals surface area (Å²) in [5.41, 5.74) is 1.87. The standard InChI is InChI=1S/C12H6BrNO2/c13-11-5-10(7-16-12(11)15)9-3-1-8(6-14)2-4-9/h1-5,7H. The van der Waals surface area contributed by atoms with Crippen LogP contribution in [0.15, 0.2) is 50.3 Å². The highest BCUT2D eigenvalue weighted by atomic mass is 79.9. The van der Waals surface area contributed by atoms with E-state index in [1.807, 2.05) is 6.07 Å². The van der Waals surface area contributed by atoms with Crippen molar-refractivity contribution < 1.29 is 4.42 Å². The number of nitriles is 1. The van der Waals surface area contributed by atoms with E-state index in [9.17, 15) is 4.79 Å². The third kappa shape index (κ3) is 2.05. The SMILES string of the molecule is N#Cc1ccc(-c2coc(=O)c(Br)c2)cc1. The molecule has 0 N–H and O–H groups in total. The maximum atomic E-state index is 11.0. The Balaban J connectivity index is 2.47. The molecule has 0 radical (unpaired) electrons. The first kappa shape index (κ1) is 10.7. The van der Waals surface area contributed by atoms with Gasteiger partial charge >= 0.3 is 5.63 Å². The minimum Gasteiger partial charge on any atom is -0.430 e. The molecule has 0 aliphatic carbocycles. The molecule has 78 valence electrons. The Bertz CT molecular complexity index is 608. The number of hydrogen-bond acceptors (Lipinski definition) is 3. The lowest BCUT2D eigenvalue weighted by atomic mass is 10.1. The van der Waals surface area contributed by atoms with Gasteiger partial charge in [0.05, 0.1) is 11.6 Å². The van der Waals surface area contributed by atoms with Crippen molar-refractivity contribution in [2.45, 2.75) is 0 Å². The summed E-state index contributed by atoms with van der Waals surface area (Å²) in [5.74, 6) is 0. The predicted molar refractivity (Wildman–Crippen MR) is 62.8 cm³/mol. The van der Waals surface area contributed by atoms with Crippen LogP contribution < -0.4 is 5.63 Å². The van der Waals surface area contributed by atoms with E-state index in [0.717, 1.165) is 11.1 Å². The van der Waals surface area contributed by atoms with Crippen LogP contribution in [-0.4, -0.2) is 0 Å². The number of rotatable bonds is 1. The summed E-state index contributed by atoms with van der Waals surface area (Å²) in [5, 5.41) is 8.66. The molecule has 4 heteroatoms. The molecule has 2 aromatic rings. The molecule has 1 aromatic carbocycles. The molecule has 0 saturated heterocycles. The fourth-order valence-electron chi connectivity index (χ4n) is 1.29. The Hall–Kier alpha value is -1.86. The first-order valence-corrected chi connectivity index (χ1v) is 5.29. The molecule has 0 unspecified atom stereocenters. The first-order chi connectivity index (χ1) is 7.70. The van der Waals surface area contributed by atoms with Crippen molar-refractivity contribution in [2.75, 3.05) is 0 Å². The van der Waals surface area contributed by atoms with Gasteiger partial charge in [-0.15, -0.1) is 0 Å². The van der Waals surface area contributed by atoms with E-state index in [1.165, 1.54) is 6.26 Å². The zero-order valence-electron chi connectivity index (χ0n) is 8.11. The second kappa shape index (κ2) is 4.33. The molecule has 1 heterocycles. The minimum atomic E-state index is -0.405. The summed E-state index contributed by atoms with van der Waals surface area (Å²) in [6.07, 6.45) is 1.40. The van der Waals surface area contributed by atoms with E-state index in [-0.39, 0.29) is 0 Å². The van der Waals surface area contributed by atoms with Gasteiger partial charge in [-0.2, -0.15) is 5.26 Å². The molecule has 2 rings (SSSR count). The number of halogens is 1. The number of benzene rings is 1. The lowest BCUT2D eigenvalue weighted by molar-refractivity contribution is 0.508. The zero-order chi connectivity index (χ0) is 11.5. The predicted octanol–water partition coefficient (Wildman–Crippen LogP) is 2.94. The molecule has 0 aliphatic rings. The Morgan fingerprint density at radius 1 is 1.19 bits per heavy atom. The van der Waals surface area contributed by atoms with E-state index >= 15 is 0 Å². The van der Waals surface area contributed by atoms with Crippen molar-refractivity contribution in [3.63, 3.8) is 0 Å². The van der Waals surface area contributed by atoms with Crippen LogP contribution in [0.4, 0.5) is 0 Å². The van der Waals surface area contributed by atoms with E-state index in [0.29, 0.717) is 10.0 Å². The van der Waals surface area contributed by atoms with Crippen LogP contribution in [0.1, 0.15) is 5.56 Å². The van der Waals surface area contributed by atoms with Crippen LogP contribution >= 0.6 is 15.9 Å². The summed E-state index contributed by atoms with van der Waals surface area (Å²) < 4.78 is 5.22. The average molecular weight is 276 g/mol. The van der Waals surface area contributed by atoms with Gasteiger partial charge in [0.2, 0.25) is 0 Å². The number of nitrogens with zero attached hydrogens (tertiary/aromatic N) is 1. The van der Waals surface area contributed by atoms with Gasteiger partial charge in [0.25, 0.3) is 0 Å². The van der Waals surface area contributed by atoms with E-state index < -0.39 is 5.63 Å². The second-order valence-corrected chi connectivity index (χ2v) is 4.01. The van der Waals surface area contributed by atoms with Gasteiger partial charge in [-0.3, -0.25) is 0 Å². The first-order valence-electron chi connectivity index (χ1n) is 4.49. The molecule has 1 aromatic heterocycles. The fourth-order valence-corrected chi connectivity index (χ4v) is 1.63. The summed E-state index contributed by atoms with van der Waals surface area (Å²) in [6, 6.07) is 10.8. The van der Waals surface area contributed by atoms with E-state index in [4.69, 9.17) is 9.68 Å². The lowest BCUT2D eigenvalue weighted by Crippen LogP contribution is -1.98. The summed E-state index contributed by atoms with van der Waals surface area (Å²) in [6.45, 7) is 0. The number of hydrogen-bond donors (Lipinski definition) is 0. The minimum absolute atomic E-state index is 0.384. The summed E-state index contributed by atoms with van der Waals surface area (Å²) in [7, 11) is 0. The Morgan fingerprint density at radius 2 is 1.88 bits per heavy atom. The smallest absolute Gasteiger partial charge is 0.350 e. The van der Waals surface area contributed by atoms with Crippen molar-refractivity contribution >= 4 is 15.9 Å². The highest BCUT2D eigenvalue weighted by Crippen LogP contribution is 2.21. The van der Waals surface area contributed by atoms with Gasteiger partial charge < -0.3 is 4.42 Å². The molecule has 3 nitrogen and oxygen atoms in total. The summed E-state index contributed by atoms with van der Waals surface area (Å²) in [4.78, 5) is 11.0. The zero-order valence-corrected chi connectivity index (χ0v) is 9.69. The van der Waals surface area contributed by atoms with Crippen LogP contribution in [0.2, 0.25) is 0 Å². The molecular formula is C12H6BrNO2. The molecule has 0 fully saturated rings. The van der Waals surface area contributed by atoms with Crippen molar-refractivity contribution in [3.05, 3.63) is 57.1 Å². The molecule has 0 amide bonds. The molecule has 0 spiro atoms. The Kier molecular flexibility index (Phi) is 2.88. The molecule has 16 heavy (non-hydrogen) atoms. The third-order valence-electron chi connectivity index (χ3n) is 2.12. The highest BCUT2D eigenvalue weighted by Gasteiger charge is 2.02. The van der Waals surface area contributed by atoms with Gasteiger partial charge in [-0.25, -0.2) is 4.79 Å². The fraction of sp³-hybridized carbons (Fsp3) is 0. The molecular weight excluding hydrogens is 270 g/mol. The van der Waals surface area contributed by atoms with Crippen molar-refractivity contribution in [2.24, 2.45) is 0 Å². The molecule has 0 saturated carbocycles. The highest BCUT2D eigenvalue weighted by molar-refractivity contribution is 9.10. The monoisotopic (exact) mass is 275 g/mol. The van der Waals surface area contributed by atoms with Crippen LogP contribution in [-0.2, 0) is 0 Å². The molecule has 0 bridgehead atoms. The second-order valence-electron chi connectivity index (χ2n) is 3.16. The normalized spacial score (nSPS) is 9.75. The Labute approximate surface area is 100 Å². The van der Waals surface area contributed by atoms with E-state index in [1.54, 1.807) is 30.3 Å². The topological polar surface area (TPSA) is 54.0 Å². The maximum absolute atomic E-state index is 11.0. The average Bonchev–Trinajstić information content (AvgIpc) is 2.33. The van der Waals surface area contributed by atoms with Gasteiger partial charge in [0, 0.05) is 5.56 Å². The van der Waals surface area contributed by atoms with Gasteiger partial charge in [-0.05, 0) is 39.7 Å². The van der Waals surface area contributed by atoms with E-state index in [2.05, 4.69) is 15.9 Å². The van der Waals surface area contributed by atoms with Gasteiger partial charge in [0.15, 0.2) is 0 Å². The molecule has 0 atom stereocenters. The summed E-state index contributed by atoms with van der Waals surface area (Å²) >= 11 is 3.11. The Morgan fingerprint density at radius 3 is 2.44 bits per heavy atom. The van der Waals surface area contributed by atoms with Crippen molar-refractivity contribution in [1.29, 1.82) is 5.26 Å². The quantitative estimate of drug-likeness (QED) is 0.804. The van der Waals surface area contributed by atoms with Gasteiger partial charge in [-0.1, -0.05) is 12.1 Å². The van der Waals surface area contributed by atoms with Crippen molar-refractivity contribution in [3.8, 4) is 17.2 Å². The maximum Gasteiger partial charge on any atom is 0.350 e. The van der Waals surface area contributed by atoms with Crippen molar-refractivity contribution in [1.82, 2.24) is 0 Å². The van der Waals surface area contributed by atoms with Crippen LogP contribution in [0, 0.1) is 11.3 Å².